The number of nitrogens with one attached hydrogen (secondary N) is 1. The van der Waals surface area contributed by atoms with Crippen molar-refractivity contribution < 1.29 is 19.1 Å². The Morgan fingerprint density at radius 2 is 1.92 bits per heavy atom. The average molecular weight is 353 g/mol. The average Bonchev–Trinajstić information content (AvgIpc) is 3.09. The standard InChI is InChI=1S/C21H23NO4/c1-14(2)22-12-17(23)13-25-18-10-6-9-16-11-19(26-21(16)18)20(24)15-7-4-3-5-8-15/h3-11,14,17,22-23H,12-13H2,1-2H3. The van der Waals surface area contributed by atoms with Crippen LogP contribution in [0.4, 0.5) is 0 Å². The van der Waals surface area contributed by atoms with Gasteiger partial charge in [0.15, 0.2) is 17.1 Å². The normalized spacial score (nSPS) is 12.5. The summed E-state index contributed by atoms with van der Waals surface area (Å²) in [5.74, 6) is 0.608. The zero-order valence-corrected chi connectivity index (χ0v) is 14.9. The van der Waals surface area contributed by atoms with Gasteiger partial charge < -0.3 is 19.6 Å². The van der Waals surface area contributed by atoms with Gasteiger partial charge in [0.25, 0.3) is 0 Å². The number of para-hydroxylation sites is 1. The molecule has 1 heterocycles. The van der Waals surface area contributed by atoms with Gasteiger partial charge in [-0.15, -0.1) is 0 Å². The lowest BCUT2D eigenvalue weighted by atomic mass is 10.1. The van der Waals surface area contributed by atoms with E-state index in [9.17, 15) is 9.90 Å². The molecule has 1 unspecified atom stereocenters. The summed E-state index contributed by atoms with van der Waals surface area (Å²) >= 11 is 0. The molecule has 1 aromatic heterocycles. The van der Waals surface area contributed by atoms with Gasteiger partial charge in [0.1, 0.15) is 12.7 Å². The zero-order chi connectivity index (χ0) is 18.5. The molecule has 3 rings (SSSR count). The number of aliphatic hydroxyl groups excluding tert-OH is 1. The number of aliphatic hydroxyl groups is 1. The predicted molar refractivity (Wildman–Crippen MR) is 101 cm³/mol. The topological polar surface area (TPSA) is 71.7 Å². The summed E-state index contributed by atoms with van der Waals surface area (Å²) in [7, 11) is 0. The van der Waals surface area contributed by atoms with Gasteiger partial charge in [0.05, 0.1) is 0 Å². The quantitative estimate of drug-likeness (QED) is 0.607. The molecular weight excluding hydrogens is 330 g/mol. The molecule has 5 heteroatoms. The fourth-order valence-corrected chi connectivity index (χ4v) is 2.61. The highest BCUT2D eigenvalue weighted by Gasteiger charge is 2.17. The second-order valence-corrected chi connectivity index (χ2v) is 6.51. The maximum atomic E-state index is 12.6. The van der Waals surface area contributed by atoms with Crippen LogP contribution in [0.1, 0.15) is 30.0 Å². The Kier molecular flexibility index (Phi) is 5.71. The maximum Gasteiger partial charge on any atom is 0.228 e. The number of rotatable bonds is 8. The van der Waals surface area contributed by atoms with Crippen molar-refractivity contribution in [3.63, 3.8) is 0 Å². The molecule has 2 N–H and O–H groups in total. The van der Waals surface area contributed by atoms with Gasteiger partial charge >= 0.3 is 0 Å². The fraction of sp³-hybridized carbons (Fsp3) is 0.286. The lowest BCUT2D eigenvalue weighted by molar-refractivity contribution is 0.100. The van der Waals surface area contributed by atoms with Crippen LogP contribution in [0.3, 0.4) is 0 Å². The van der Waals surface area contributed by atoms with Crippen molar-refractivity contribution in [1.82, 2.24) is 5.32 Å². The molecular formula is C21H23NO4. The zero-order valence-electron chi connectivity index (χ0n) is 14.9. The molecule has 1 atom stereocenters. The Bertz CT molecular complexity index is 870. The van der Waals surface area contributed by atoms with E-state index in [0.717, 1.165) is 5.39 Å². The van der Waals surface area contributed by atoms with Crippen LogP contribution in [-0.4, -0.2) is 36.2 Å². The molecule has 0 fully saturated rings. The van der Waals surface area contributed by atoms with E-state index in [1.807, 2.05) is 44.2 Å². The molecule has 26 heavy (non-hydrogen) atoms. The van der Waals surface area contributed by atoms with Gasteiger partial charge in [0.2, 0.25) is 5.78 Å². The molecule has 0 bridgehead atoms. The number of carbonyl (C=O) groups excluding carboxylic acids is 1. The molecule has 5 nitrogen and oxygen atoms in total. The Morgan fingerprint density at radius 1 is 1.15 bits per heavy atom. The van der Waals surface area contributed by atoms with Crippen molar-refractivity contribution >= 4 is 16.8 Å². The van der Waals surface area contributed by atoms with Gasteiger partial charge in [-0.3, -0.25) is 4.79 Å². The minimum absolute atomic E-state index is 0.140. The van der Waals surface area contributed by atoms with Crippen LogP contribution >= 0.6 is 0 Å². The van der Waals surface area contributed by atoms with E-state index in [0.29, 0.717) is 29.5 Å². The summed E-state index contributed by atoms with van der Waals surface area (Å²) in [6.07, 6.45) is -0.631. The monoisotopic (exact) mass is 353 g/mol. The van der Waals surface area contributed by atoms with E-state index in [2.05, 4.69) is 5.32 Å². The number of hydrogen-bond acceptors (Lipinski definition) is 5. The SMILES string of the molecule is CC(C)NCC(O)COc1cccc2cc(C(=O)c3ccccc3)oc12. The van der Waals surface area contributed by atoms with Crippen LogP contribution in [0.5, 0.6) is 5.75 Å². The van der Waals surface area contributed by atoms with Crippen LogP contribution in [0.15, 0.2) is 59.0 Å². The highest BCUT2D eigenvalue weighted by molar-refractivity contribution is 6.09. The second-order valence-electron chi connectivity index (χ2n) is 6.51. The van der Waals surface area contributed by atoms with Gasteiger partial charge in [-0.1, -0.05) is 56.3 Å². The number of hydrogen-bond donors (Lipinski definition) is 2. The molecule has 2 aromatic carbocycles. The molecule has 136 valence electrons. The number of ether oxygens (including phenoxy) is 1. The van der Waals surface area contributed by atoms with Crippen LogP contribution in [0.25, 0.3) is 11.0 Å². The molecule has 0 aliphatic rings. The van der Waals surface area contributed by atoms with Crippen LogP contribution in [-0.2, 0) is 0 Å². The molecule has 0 aliphatic heterocycles. The number of fused-ring (bicyclic) bond motifs is 1. The maximum absolute atomic E-state index is 12.6. The minimum atomic E-state index is -0.631. The molecule has 0 saturated carbocycles. The summed E-state index contributed by atoms with van der Waals surface area (Å²) in [6.45, 7) is 4.62. The van der Waals surface area contributed by atoms with Gasteiger partial charge in [-0.2, -0.15) is 0 Å². The van der Waals surface area contributed by atoms with E-state index >= 15 is 0 Å². The smallest absolute Gasteiger partial charge is 0.228 e. The number of benzene rings is 2. The van der Waals surface area contributed by atoms with E-state index in [1.165, 1.54) is 0 Å². The lowest BCUT2D eigenvalue weighted by Crippen LogP contribution is -2.35. The summed E-state index contributed by atoms with van der Waals surface area (Å²) in [5, 5.41) is 13.9. The first-order valence-corrected chi connectivity index (χ1v) is 8.71. The van der Waals surface area contributed by atoms with Crippen LogP contribution in [0, 0.1) is 0 Å². The summed E-state index contributed by atoms with van der Waals surface area (Å²) in [4.78, 5) is 12.6. The molecule has 0 amide bonds. The Morgan fingerprint density at radius 3 is 2.65 bits per heavy atom. The Labute approximate surface area is 152 Å². The number of carbonyl (C=O) groups is 1. The molecule has 0 aliphatic carbocycles. The van der Waals surface area contributed by atoms with Gasteiger partial charge in [0, 0.05) is 23.5 Å². The van der Waals surface area contributed by atoms with E-state index in [-0.39, 0.29) is 18.2 Å². The Hall–Kier alpha value is -2.63. The molecule has 0 radical (unpaired) electrons. The molecule has 0 spiro atoms. The van der Waals surface area contributed by atoms with Crippen molar-refractivity contribution in [2.24, 2.45) is 0 Å². The number of ketones is 1. The van der Waals surface area contributed by atoms with Crippen molar-refractivity contribution in [2.45, 2.75) is 26.0 Å². The fourth-order valence-electron chi connectivity index (χ4n) is 2.61. The highest BCUT2D eigenvalue weighted by atomic mass is 16.5. The largest absolute Gasteiger partial charge is 0.487 e. The summed E-state index contributed by atoms with van der Waals surface area (Å²) in [5.41, 5.74) is 1.08. The second kappa shape index (κ2) is 8.17. The summed E-state index contributed by atoms with van der Waals surface area (Å²) in [6, 6.07) is 16.5. The third-order valence-electron chi connectivity index (χ3n) is 3.96. The van der Waals surface area contributed by atoms with Crippen LogP contribution < -0.4 is 10.1 Å². The number of furan rings is 1. The van der Waals surface area contributed by atoms with Crippen molar-refractivity contribution in [1.29, 1.82) is 0 Å². The third-order valence-corrected chi connectivity index (χ3v) is 3.96. The van der Waals surface area contributed by atoms with E-state index in [1.54, 1.807) is 24.3 Å². The Balaban J connectivity index is 1.76. The molecule has 0 saturated heterocycles. The minimum Gasteiger partial charge on any atom is -0.487 e. The van der Waals surface area contributed by atoms with Gasteiger partial charge in [-0.05, 0) is 12.1 Å². The van der Waals surface area contributed by atoms with Crippen molar-refractivity contribution in [3.05, 3.63) is 65.9 Å². The first-order valence-electron chi connectivity index (χ1n) is 8.71. The first-order chi connectivity index (χ1) is 12.5. The van der Waals surface area contributed by atoms with Crippen molar-refractivity contribution in [2.75, 3.05) is 13.2 Å². The summed E-state index contributed by atoms with van der Waals surface area (Å²) < 4.78 is 11.5. The van der Waals surface area contributed by atoms with E-state index in [4.69, 9.17) is 9.15 Å². The van der Waals surface area contributed by atoms with Crippen molar-refractivity contribution in [3.8, 4) is 5.75 Å². The van der Waals surface area contributed by atoms with Crippen LogP contribution in [0.2, 0.25) is 0 Å². The lowest BCUT2D eigenvalue weighted by Gasteiger charge is -2.15. The van der Waals surface area contributed by atoms with E-state index < -0.39 is 6.10 Å². The first kappa shape index (κ1) is 18.2. The van der Waals surface area contributed by atoms with Gasteiger partial charge in [-0.25, -0.2) is 0 Å². The highest BCUT2D eigenvalue weighted by Crippen LogP contribution is 2.29. The third kappa shape index (κ3) is 4.31. The molecule has 3 aromatic rings. The predicted octanol–water partition coefficient (Wildman–Crippen LogP) is 3.40.